The third-order valence-corrected chi connectivity index (χ3v) is 4.59. The molecule has 0 radical (unpaired) electrons. The maximum absolute atomic E-state index is 12.9. The molecule has 0 aliphatic carbocycles. The SMILES string of the molecule is COc1ccc([C@]2(C)NC(=O)N(/N=C\c3ccc(OC)cc3OC)C2=O)cc1. The van der Waals surface area contributed by atoms with Crippen molar-refractivity contribution in [3.8, 4) is 17.2 Å². The van der Waals surface area contributed by atoms with Gasteiger partial charge in [0.1, 0.15) is 22.8 Å². The van der Waals surface area contributed by atoms with Gasteiger partial charge in [0.15, 0.2) is 0 Å². The van der Waals surface area contributed by atoms with Crippen molar-refractivity contribution in [3.05, 3.63) is 53.6 Å². The molecule has 2 aromatic carbocycles. The van der Waals surface area contributed by atoms with Gasteiger partial charge in [-0.2, -0.15) is 5.10 Å². The average Bonchev–Trinajstić information content (AvgIpc) is 2.95. The van der Waals surface area contributed by atoms with E-state index in [9.17, 15) is 9.59 Å². The van der Waals surface area contributed by atoms with Crippen molar-refractivity contribution < 1.29 is 23.8 Å². The quantitative estimate of drug-likeness (QED) is 0.612. The third kappa shape index (κ3) is 3.36. The van der Waals surface area contributed by atoms with E-state index in [2.05, 4.69) is 10.4 Å². The van der Waals surface area contributed by atoms with Crippen LogP contribution in [0.5, 0.6) is 17.2 Å². The van der Waals surface area contributed by atoms with Crippen LogP contribution in [0.2, 0.25) is 0 Å². The van der Waals surface area contributed by atoms with E-state index in [4.69, 9.17) is 14.2 Å². The van der Waals surface area contributed by atoms with Crippen LogP contribution < -0.4 is 19.5 Å². The summed E-state index contributed by atoms with van der Waals surface area (Å²) in [6.07, 6.45) is 1.40. The molecule has 146 valence electrons. The molecule has 1 saturated heterocycles. The van der Waals surface area contributed by atoms with Gasteiger partial charge in [-0.3, -0.25) is 4.79 Å². The predicted octanol–water partition coefficient (Wildman–Crippen LogP) is 2.51. The minimum atomic E-state index is -1.22. The number of nitrogens with zero attached hydrogens (tertiary/aromatic N) is 2. The number of hydrogen-bond acceptors (Lipinski definition) is 6. The molecule has 1 atom stereocenters. The van der Waals surface area contributed by atoms with Crippen molar-refractivity contribution in [3.63, 3.8) is 0 Å². The molecule has 0 bridgehead atoms. The van der Waals surface area contributed by atoms with Gasteiger partial charge in [-0.15, -0.1) is 5.01 Å². The van der Waals surface area contributed by atoms with E-state index in [-0.39, 0.29) is 0 Å². The Morgan fingerprint density at radius 1 is 0.964 bits per heavy atom. The van der Waals surface area contributed by atoms with Gasteiger partial charge in [0.25, 0.3) is 5.91 Å². The number of amides is 3. The van der Waals surface area contributed by atoms with Gasteiger partial charge in [0, 0.05) is 11.6 Å². The third-order valence-electron chi connectivity index (χ3n) is 4.59. The monoisotopic (exact) mass is 383 g/mol. The second-order valence-electron chi connectivity index (χ2n) is 6.25. The smallest absolute Gasteiger partial charge is 0.346 e. The van der Waals surface area contributed by atoms with Crippen molar-refractivity contribution in [2.45, 2.75) is 12.5 Å². The van der Waals surface area contributed by atoms with E-state index in [1.165, 1.54) is 13.3 Å². The number of rotatable bonds is 6. The molecule has 8 nitrogen and oxygen atoms in total. The number of imide groups is 1. The Labute approximate surface area is 162 Å². The molecule has 2 aromatic rings. The molecule has 1 N–H and O–H groups in total. The molecular weight excluding hydrogens is 362 g/mol. The Balaban J connectivity index is 1.86. The van der Waals surface area contributed by atoms with Crippen molar-refractivity contribution in [1.29, 1.82) is 0 Å². The zero-order valence-electron chi connectivity index (χ0n) is 16.1. The minimum absolute atomic E-state index is 0.480. The summed E-state index contributed by atoms with van der Waals surface area (Å²) in [6.45, 7) is 1.64. The van der Waals surface area contributed by atoms with E-state index in [0.717, 1.165) is 5.01 Å². The van der Waals surface area contributed by atoms with Gasteiger partial charge in [-0.1, -0.05) is 12.1 Å². The molecule has 0 spiro atoms. The number of nitrogens with one attached hydrogen (secondary N) is 1. The van der Waals surface area contributed by atoms with Crippen LogP contribution in [0.1, 0.15) is 18.1 Å². The number of carbonyl (C=O) groups excluding carboxylic acids is 2. The van der Waals surface area contributed by atoms with Crippen LogP contribution in [0.25, 0.3) is 0 Å². The lowest BCUT2D eigenvalue weighted by Gasteiger charge is -2.21. The Morgan fingerprint density at radius 2 is 1.61 bits per heavy atom. The lowest BCUT2D eigenvalue weighted by atomic mass is 9.92. The first-order chi connectivity index (χ1) is 13.4. The number of hydrazone groups is 1. The summed E-state index contributed by atoms with van der Waals surface area (Å²) >= 11 is 0. The summed E-state index contributed by atoms with van der Waals surface area (Å²) in [5.74, 6) is 1.31. The topological polar surface area (TPSA) is 89.5 Å². The molecule has 28 heavy (non-hydrogen) atoms. The van der Waals surface area contributed by atoms with Gasteiger partial charge in [-0.05, 0) is 36.8 Å². The van der Waals surface area contributed by atoms with E-state index in [0.29, 0.717) is 28.4 Å². The van der Waals surface area contributed by atoms with Crippen LogP contribution in [0.4, 0.5) is 4.79 Å². The van der Waals surface area contributed by atoms with Crippen LogP contribution in [-0.2, 0) is 10.3 Å². The van der Waals surface area contributed by atoms with Crippen molar-refractivity contribution in [1.82, 2.24) is 10.3 Å². The fourth-order valence-corrected chi connectivity index (χ4v) is 2.89. The molecule has 3 amide bonds. The zero-order valence-corrected chi connectivity index (χ0v) is 16.1. The number of carbonyl (C=O) groups is 2. The largest absolute Gasteiger partial charge is 0.497 e. The highest BCUT2D eigenvalue weighted by Gasteiger charge is 2.49. The van der Waals surface area contributed by atoms with Gasteiger partial charge < -0.3 is 19.5 Å². The van der Waals surface area contributed by atoms with Crippen molar-refractivity contribution in [2.24, 2.45) is 5.10 Å². The predicted molar refractivity (Wildman–Crippen MR) is 103 cm³/mol. The highest BCUT2D eigenvalue weighted by molar-refractivity contribution is 6.07. The number of hydrogen-bond donors (Lipinski definition) is 1. The van der Waals surface area contributed by atoms with Gasteiger partial charge in [-0.25, -0.2) is 4.79 Å². The standard InChI is InChI=1S/C20H21N3O5/c1-20(14-6-9-15(26-2)10-7-14)18(24)23(19(25)22-20)21-12-13-5-8-16(27-3)11-17(13)28-4/h5-12H,1-4H3,(H,22,25)/b21-12-/t20-/m0/s1. The number of urea groups is 1. The molecule has 1 heterocycles. The molecule has 8 heteroatoms. The Kier molecular flexibility index (Phi) is 5.21. The van der Waals surface area contributed by atoms with E-state index < -0.39 is 17.5 Å². The van der Waals surface area contributed by atoms with Gasteiger partial charge >= 0.3 is 6.03 Å². The van der Waals surface area contributed by atoms with Gasteiger partial charge in [0.2, 0.25) is 0 Å². The van der Waals surface area contributed by atoms with Gasteiger partial charge in [0.05, 0.1) is 27.5 Å². The molecular formula is C20H21N3O5. The summed E-state index contributed by atoms with van der Waals surface area (Å²) in [4.78, 5) is 25.3. The number of benzene rings is 2. The maximum atomic E-state index is 12.9. The lowest BCUT2D eigenvalue weighted by molar-refractivity contribution is -0.131. The molecule has 0 unspecified atom stereocenters. The van der Waals surface area contributed by atoms with E-state index in [1.54, 1.807) is 63.6 Å². The Morgan fingerprint density at radius 3 is 2.21 bits per heavy atom. The number of methoxy groups -OCH3 is 3. The zero-order chi connectivity index (χ0) is 20.3. The van der Waals surface area contributed by atoms with Crippen molar-refractivity contribution in [2.75, 3.05) is 21.3 Å². The fourth-order valence-electron chi connectivity index (χ4n) is 2.89. The summed E-state index contributed by atoms with van der Waals surface area (Å²) in [6, 6.07) is 11.5. The van der Waals surface area contributed by atoms with E-state index >= 15 is 0 Å². The molecule has 0 saturated carbocycles. The van der Waals surface area contributed by atoms with Crippen LogP contribution >= 0.6 is 0 Å². The highest BCUT2D eigenvalue weighted by atomic mass is 16.5. The second kappa shape index (κ2) is 7.59. The summed E-state index contributed by atoms with van der Waals surface area (Å²) < 4.78 is 15.6. The minimum Gasteiger partial charge on any atom is -0.497 e. The van der Waals surface area contributed by atoms with Crippen LogP contribution in [0, 0.1) is 0 Å². The summed E-state index contributed by atoms with van der Waals surface area (Å²) in [7, 11) is 4.62. The second-order valence-corrected chi connectivity index (χ2v) is 6.25. The Bertz CT molecular complexity index is 926. The highest BCUT2D eigenvalue weighted by Crippen LogP contribution is 2.30. The first kappa shape index (κ1) is 19.2. The Hall–Kier alpha value is -3.55. The van der Waals surface area contributed by atoms with Crippen molar-refractivity contribution >= 4 is 18.2 Å². The normalized spacial score (nSPS) is 19.1. The molecule has 3 rings (SSSR count). The summed E-state index contributed by atoms with van der Waals surface area (Å²) in [5, 5.41) is 7.59. The molecule has 1 aliphatic rings. The van der Waals surface area contributed by atoms with Crippen LogP contribution in [0.15, 0.2) is 47.6 Å². The average molecular weight is 383 g/mol. The first-order valence-electron chi connectivity index (χ1n) is 8.50. The molecule has 1 fully saturated rings. The number of ether oxygens (including phenoxy) is 3. The van der Waals surface area contributed by atoms with Crippen LogP contribution in [0.3, 0.4) is 0 Å². The van der Waals surface area contributed by atoms with Crippen LogP contribution in [-0.4, -0.2) is 44.5 Å². The summed E-state index contributed by atoms with van der Waals surface area (Å²) in [5.41, 5.74) is 0.0124. The first-order valence-corrected chi connectivity index (χ1v) is 8.50. The molecule has 0 aromatic heterocycles. The fraction of sp³-hybridized carbons (Fsp3) is 0.250. The lowest BCUT2D eigenvalue weighted by Crippen LogP contribution is -2.40. The van der Waals surface area contributed by atoms with E-state index in [1.807, 2.05) is 0 Å². The molecule has 1 aliphatic heterocycles. The maximum Gasteiger partial charge on any atom is 0.346 e.